The van der Waals surface area contributed by atoms with Crippen LogP contribution in [0.15, 0.2) is 65.8 Å². The zero-order valence-corrected chi connectivity index (χ0v) is 13.3. The van der Waals surface area contributed by atoms with E-state index in [9.17, 15) is 8.42 Å². The number of hydrogen-bond donors (Lipinski definition) is 0. The minimum absolute atomic E-state index is 0.208. The Hall–Kier alpha value is -2.31. The highest BCUT2D eigenvalue weighted by atomic mass is 32.2. The number of para-hydroxylation sites is 1. The summed E-state index contributed by atoms with van der Waals surface area (Å²) in [6, 6.07) is 14.0. The molecule has 0 N–H and O–H groups in total. The zero-order chi connectivity index (χ0) is 16.2. The van der Waals surface area contributed by atoms with E-state index in [0.717, 1.165) is 5.56 Å². The molecule has 1 fully saturated rings. The van der Waals surface area contributed by atoms with E-state index in [1.165, 1.54) is 4.31 Å². The van der Waals surface area contributed by atoms with Gasteiger partial charge in [0.05, 0.1) is 10.5 Å². The lowest BCUT2D eigenvalue weighted by Gasteiger charge is -2.31. The molecule has 2 atom stereocenters. The maximum atomic E-state index is 13.0. The molecule has 5 nitrogen and oxygen atoms in total. The number of fused-ring (bicyclic) bond motifs is 4. The molecule has 0 amide bonds. The Kier molecular flexibility index (Phi) is 3.01. The molecule has 0 spiro atoms. The van der Waals surface area contributed by atoms with Gasteiger partial charge in [0, 0.05) is 0 Å². The molecule has 0 radical (unpaired) electrons. The topological polar surface area (TPSA) is 55.8 Å². The van der Waals surface area contributed by atoms with Crippen molar-refractivity contribution in [2.45, 2.75) is 24.3 Å². The van der Waals surface area contributed by atoms with E-state index in [1.807, 2.05) is 19.1 Å². The first-order valence-electron chi connectivity index (χ1n) is 7.20. The highest BCUT2D eigenvalue weighted by Gasteiger charge is 2.52. The molecule has 0 saturated carbocycles. The molecule has 2 aromatic rings. The Morgan fingerprint density at radius 2 is 1.70 bits per heavy atom. The van der Waals surface area contributed by atoms with Crippen LogP contribution < -0.4 is 4.74 Å². The fraction of sp³-hybridized carbons (Fsp3) is 0.176. The Balaban J connectivity index is 1.83. The van der Waals surface area contributed by atoms with E-state index in [0.29, 0.717) is 17.1 Å². The average Bonchev–Trinajstić information content (AvgIpc) is 2.79. The summed E-state index contributed by atoms with van der Waals surface area (Å²) >= 11 is 0. The first-order chi connectivity index (χ1) is 11.0. The van der Waals surface area contributed by atoms with Crippen LogP contribution in [0.5, 0.6) is 5.75 Å². The van der Waals surface area contributed by atoms with Gasteiger partial charge >= 0.3 is 0 Å². The van der Waals surface area contributed by atoms with Crippen LogP contribution in [-0.2, 0) is 14.8 Å². The molecule has 4 rings (SSSR count). The van der Waals surface area contributed by atoms with Gasteiger partial charge in [-0.3, -0.25) is 0 Å². The largest absolute Gasteiger partial charge is 0.469 e. The molecule has 0 aromatic heterocycles. The van der Waals surface area contributed by atoms with Crippen LogP contribution in [0.1, 0.15) is 17.4 Å². The van der Waals surface area contributed by atoms with Gasteiger partial charge in [0.2, 0.25) is 16.3 Å². The van der Waals surface area contributed by atoms with Crippen LogP contribution in [0.2, 0.25) is 0 Å². The standard InChI is InChI=1S/C17H15NO4S/c1-11-7-9-13(10-8-11)23(19,20)18-16-12(2)21-17(18)14-5-3-4-6-15(14)22-16/h3-10,16-17H,2H2,1H3/t16-,17-/m1/s1. The van der Waals surface area contributed by atoms with Gasteiger partial charge < -0.3 is 9.47 Å². The normalized spacial score (nSPS) is 23.1. The third-order valence-electron chi connectivity index (χ3n) is 4.02. The van der Waals surface area contributed by atoms with Gasteiger partial charge in [0.15, 0.2) is 6.23 Å². The lowest BCUT2D eigenvalue weighted by molar-refractivity contribution is 0.0524. The van der Waals surface area contributed by atoms with E-state index in [4.69, 9.17) is 9.47 Å². The number of aryl methyl sites for hydroxylation is 1. The molecule has 118 valence electrons. The summed E-state index contributed by atoms with van der Waals surface area (Å²) in [4.78, 5) is 0.208. The predicted octanol–water partition coefficient (Wildman–Crippen LogP) is 2.95. The van der Waals surface area contributed by atoms with Crippen molar-refractivity contribution in [3.8, 4) is 5.75 Å². The molecular formula is C17H15NO4S. The van der Waals surface area contributed by atoms with Crippen molar-refractivity contribution in [2.24, 2.45) is 0 Å². The van der Waals surface area contributed by atoms with Crippen LogP contribution in [-0.4, -0.2) is 19.0 Å². The molecule has 0 aliphatic carbocycles. The number of benzene rings is 2. The second kappa shape index (κ2) is 4.84. The van der Waals surface area contributed by atoms with Crippen LogP contribution in [0.3, 0.4) is 0 Å². The van der Waals surface area contributed by atoms with E-state index >= 15 is 0 Å². The minimum atomic E-state index is -3.77. The van der Waals surface area contributed by atoms with Crippen molar-refractivity contribution in [3.63, 3.8) is 0 Å². The second-order valence-electron chi connectivity index (χ2n) is 5.59. The Labute approximate surface area is 134 Å². The fourth-order valence-corrected chi connectivity index (χ4v) is 4.38. The first-order valence-corrected chi connectivity index (χ1v) is 8.64. The molecular weight excluding hydrogens is 314 g/mol. The van der Waals surface area contributed by atoms with Gasteiger partial charge in [-0.05, 0) is 25.1 Å². The molecule has 2 heterocycles. The van der Waals surface area contributed by atoms with Crippen LogP contribution in [0.4, 0.5) is 0 Å². The van der Waals surface area contributed by atoms with Gasteiger partial charge in [0.25, 0.3) is 0 Å². The lowest BCUT2D eigenvalue weighted by atomic mass is 10.1. The molecule has 23 heavy (non-hydrogen) atoms. The third-order valence-corrected chi connectivity index (χ3v) is 5.83. The van der Waals surface area contributed by atoms with E-state index in [-0.39, 0.29) is 4.90 Å². The van der Waals surface area contributed by atoms with Crippen molar-refractivity contribution in [2.75, 3.05) is 0 Å². The maximum Gasteiger partial charge on any atom is 0.249 e. The third kappa shape index (κ3) is 2.06. The second-order valence-corrected chi connectivity index (χ2v) is 7.44. The Morgan fingerprint density at radius 3 is 2.43 bits per heavy atom. The zero-order valence-electron chi connectivity index (χ0n) is 12.5. The monoisotopic (exact) mass is 329 g/mol. The van der Waals surface area contributed by atoms with Crippen molar-refractivity contribution in [3.05, 3.63) is 72.0 Å². The van der Waals surface area contributed by atoms with Gasteiger partial charge in [-0.1, -0.05) is 42.5 Å². The lowest BCUT2D eigenvalue weighted by Crippen LogP contribution is -2.43. The Bertz CT molecular complexity index is 889. The van der Waals surface area contributed by atoms with Crippen LogP contribution >= 0.6 is 0 Å². The maximum absolute atomic E-state index is 13.0. The summed E-state index contributed by atoms with van der Waals surface area (Å²) in [5.41, 5.74) is 1.67. The SMILES string of the molecule is C=C1O[C@@H]2c3ccccc3O[C@H]1N2S(=O)(=O)c1ccc(C)cc1. The average molecular weight is 329 g/mol. The summed E-state index contributed by atoms with van der Waals surface area (Å²) in [6.07, 6.45) is -1.59. The summed E-state index contributed by atoms with van der Waals surface area (Å²) in [5.74, 6) is 0.915. The summed E-state index contributed by atoms with van der Waals surface area (Å²) < 4.78 is 38.8. The number of hydrogen-bond acceptors (Lipinski definition) is 4. The molecule has 6 heteroatoms. The van der Waals surface area contributed by atoms with Crippen LogP contribution in [0, 0.1) is 6.92 Å². The van der Waals surface area contributed by atoms with Gasteiger partial charge in [-0.15, -0.1) is 4.31 Å². The van der Waals surface area contributed by atoms with Gasteiger partial charge in [0.1, 0.15) is 11.5 Å². The fourth-order valence-electron chi connectivity index (χ4n) is 2.83. The summed E-state index contributed by atoms with van der Waals surface area (Å²) in [5, 5.41) is 0. The molecule has 2 bridgehead atoms. The van der Waals surface area contributed by atoms with Gasteiger partial charge in [-0.2, -0.15) is 0 Å². The van der Waals surface area contributed by atoms with Gasteiger partial charge in [-0.25, -0.2) is 8.42 Å². The first kappa shape index (κ1) is 14.3. The van der Waals surface area contributed by atoms with Crippen molar-refractivity contribution in [1.82, 2.24) is 4.31 Å². The number of sulfonamides is 1. The predicted molar refractivity (Wildman–Crippen MR) is 84.0 cm³/mol. The van der Waals surface area contributed by atoms with E-state index in [1.54, 1.807) is 36.4 Å². The molecule has 1 saturated heterocycles. The number of rotatable bonds is 2. The van der Waals surface area contributed by atoms with Crippen molar-refractivity contribution >= 4 is 10.0 Å². The molecule has 2 aliphatic rings. The smallest absolute Gasteiger partial charge is 0.249 e. The molecule has 2 aromatic carbocycles. The summed E-state index contributed by atoms with van der Waals surface area (Å²) in [6.45, 7) is 5.71. The van der Waals surface area contributed by atoms with Crippen LogP contribution in [0.25, 0.3) is 0 Å². The number of ether oxygens (including phenoxy) is 2. The highest BCUT2D eigenvalue weighted by Crippen LogP contribution is 2.48. The summed E-state index contributed by atoms with van der Waals surface area (Å²) in [7, 11) is -3.77. The Morgan fingerprint density at radius 1 is 1.00 bits per heavy atom. The quantitative estimate of drug-likeness (QED) is 0.850. The van der Waals surface area contributed by atoms with Crippen molar-refractivity contribution < 1.29 is 17.9 Å². The minimum Gasteiger partial charge on any atom is -0.469 e. The highest BCUT2D eigenvalue weighted by molar-refractivity contribution is 7.89. The van der Waals surface area contributed by atoms with Crippen molar-refractivity contribution in [1.29, 1.82) is 0 Å². The van der Waals surface area contributed by atoms with E-state index < -0.39 is 22.5 Å². The molecule has 0 unspecified atom stereocenters. The number of nitrogens with zero attached hydrogens (tertiary/aromatic N) is 1. The molecule has 2 aliphatic heterocycles. The van der Waals surface area contributed by atoms with E-state index in [2.05, 4.69) is 6.58 Å².